The third kappa shape index (κ3) is 3.96. The second-order valence-electron chi connectivity index (χ2n) is 3.64. The summed E-state index contributed by atoms with van der Waals surface area (Å²) in [5.41, 5.74) is 0.770. The highest BCUT2D eigenvalue weighted by Gasteiger charge is 2.08. The summed E-state index contributed by atoms with van der Waals surface area (Å²) in [6, 6.07) is 7.38. The van der Waals surface area contributed by atoms with E-state index in [2.05, 4.69) is 5.32 Å². The molecule has 0 aliphatic heterocycles. The fourth-order valence-corrected chi connectivity index (χ4v) is 1.62. The maximum absolute atomic E-state index is 9.24. The lowest BCUT2D eigenvalue weighted by Gasteiger charge is -2.22. The molecule has 0 aromatic heterocycles. The van der Waals surface area contributed by atoms with E-state index in [4.69, 9.17) is 23.8 Å². The van der Waals surface area contributed by atoms with Crippen molar-refractivity contribution >= 4 is 34.6 Å². The lowest BCUT2D eigenvalue weighted by Crippen LogP contribution is -2.36. The first-order valence-electron chi connectivity index (χ1n) is 4.95. The van der Waals surface area contributed by atoms with Crippen molar-refractivity contribution in [1.82, 2.24) is 4.90 Å². The van der Waals surface area contributed by atoms with Crippen LogP contribution >= 0.6 is 23.8 Å². The molecule has 88 valence electrons. The van der Waals surface area contributed by atoms with E-state index in [1.807, 2.05) is 25.2 Å². The van der Waals surface area contributed by atoms with Crippen molar-refractivity contribution in [2.24, 2.45) is 0 Å². The molecule has 0 saturated carbocycles. The van der Waals surface area contributed by atoms with Crippen LogP contribution in [0.25, 0.3) is 0 Å². The first-order valence-corrected chi connectivity index (χ1v) is 5.74. The zero-order valence-corrected chi connectivity index (χ0v) is 10.8. The summed E-state index contributed by atoms with van der Waals surface area (Å²) >= 11 is 11.2. The third-order valence-electron chi connectivity index (χ3n) is 2.00. The standard InChI is InChI=1S/C11H15ClN2OS/c1-8(15)7-14(2)11(16)13-10-6-4-3-5-9(10)12/h3-6,8,15H,7H2,1-2H3,(H,13,16). The second kappa shape index (κ2) is 6.03. The van der Waals surface area contributed by atoms with Gasteiger partial charge in [0.05, 0.1) is 16.8 Å². The zero-order valence-electron chi connectivity index (χ0n) is 9.27. The largest absolute Gasteiger partial charge is 0.392 e. The van der Waals surface area contributed by atoms with Crippen LogP contribution in [-0.4, -0.2) is 34.8 Å². The molecule has 1 atom stereocenters. The van der Waals surface area contributed by atoms with Crippen molar-refractivity contribution in [1.29, 1.82) is 0 Å². The van der Waals surface area contributed by atoms with Crippen LogP contribution in [0, 0.1) is 0 Å². The minimum absolute atomic E-state index is 0.420. The molecule has 1 rings (SSSR count). The Bertz CT molecular complexity index is 371. The van der Waals surface area contributed by atoms with Crippen LogP contribution in [-0.2, 0) is 0 Å². The van der Waals surface area contributed by atoms with Crippen molar-refractivity contribution < 1.29 is 5.11 Å². The molecular weight excluding hydrogens is 244 g/mol. The maximum Gasteiger partial charge on any atom is 0.173 e. The van der Waals surface area contributed by atoms with Gasteiger partial charge in [-0.25, -0.2) is 0 Å². The summed E-state index contributed by atoms with van der Waals surface area (Å²) in [6.45, 7) is 2.20. The number of likely N-dealkylation sites (N-methyl/N-ethyl adjacent to an activating group) is 1. The molecule has 0 aliphatic carbocycles. The molecule has 2 N–H and O–H groups in total. The average molecular weight is 259 g/mol. The molecule has 0 radical (unpaired) electrons. The first kappa shape index (κ1) is 13.2. The Morgan fingerprint density at radius 3 is 2.75 bits per heavy atom. The Balaban J connectivity index is 2.61. The molecule has 3 nitrogen and oxygen atoms in total. The lowest BCUT2D eigenvalue weighted by atomic mass is 10.3. The number of para-hydroxylation sites is 1. The Morgan fingerprint density at radius 2 is 2.19 bits per heavy atom. The van der Waals surface area contributed by atoms with E-state index in [9.17, 15) is 5.11 Å². The summed E-state index contributed by atoms with van der Waals surface area (Å²) in [5, 5.41) is 13.4. The van der Waals surface area contributed by atoms with Crippen LogP contribution in [0.3, 0.4) is 0 Å². The molecule has 1 aromatic carbocycles. The van der Waals surface area contributed by atoms with Crippen LogP contribution in [0.15, 0.2) is 24.3 Å². The van der Waals surface area contributed by atoms with Gasteiger partial charge in [0.1, 0.15) is 0 Å². The van der Waals surface area contributed by atoms with Gasteiger partial charge in [0.25, 0.3) is 0 Å². The van der Waals surface area contributed by atoms with Gasteiger partial charge in [-0.3, -0.25) is 0 Å². The average Bonchev–Trinajstić information content (AvgIpc) is 2.20. The predicted molar refractivity (Wildman–Crippen MR) is 72.0 cm³/mol. The minimum Gasteiger partial charge on any atom is -0.392 e. The predicted octanol–water partition coefficient (Wildman–Crippen LogP) is 2.35. The number of aliphatic hydroxyl groups excluding tert-OH is 1. The number of nitrogens with one attached hydrogen (secondary N) is 1. The van der Waals surface area contributed by atoms with E-state index in [0.717, 1.165) is 5.69 Å². The quantitative estimate of drug-likeness (QED) is 0.816. The highest BCUT2D eigenvalue weighted by Crippen LogP contribution is 2.20. The van der Waals surface area contributed by atoms with Crippen LogP contribution < -0.4 is 5.32 Å². The molecule has 0 amide bonds. The number of anilines is 1. The number of hydrogen-bond acceptors (Lipinski definition) is 2. The van der Waals surface area contributed by atoms with E-state index in [1.54, 1.807) is 17.9 Å². The molecule has 0 fully saturated rings. The number of thiocarbonyl (C=S) groups is 1. The molecule has 16 heavy (non-hydrogen) atoms. The molecule has 0 spiro atoms. The lowest BCUT2D eigenvalue weighted by molar-refractivity contribution is 0.169. The number of nitrogens with zero attached hydrogens (tertiary/aromatic N) is 1. The van der Waals surface area contributed by atoms with Gasteiger partial charge in [-0.05, 0) is 31.3 Å². The fourth-order valence-electron chi connectivity index (χ4n) is 1.25. The van der Waals surface area contributed by atoms with E-state index < -0.39 is 6.10 Å². The summed E-state index contributed by atoms with van der Waals surface area (Å²) in [7, 11) is 1.82. The Labute approximate surface area is 106 Å². The van der Waals surface area contributed by atoms with Crippen LogP contribution in [0.4, 0.5) is 5.69 Å². The number of benzene rings is 1. The van der Waals surface area contributed by atoms with Gasteiger partial charge >= 0.3 is 0 Å². The van der Waals surface area contributed by atoms with Crippen LogP contribution in [0.1, 0.15) is 6.92 Å². The van der Waals surface area contributed by atoms with Gasteiger partial charge in [0.2, 0.25) is 0 Å². The van der Waals surface area contributed by atoms with Gasteiger partial charge in [-0.2, -0.15) is 0 Å². The summed E-state index contributed by atoms with van der Waals surface area (Å²) in [6.07, 6.45) is -0.420. The van der Waals surface area contributed by atoms with E-state index >= 15 is 0 Å². The van der Waals surface area contributed by atoms with Crippen LogP contribution in [0.2, 0.25) is 5.02 Å². The van der Waals surface area contributed by atoms with Crippen molar-refractivity contribution in [3.05, 3.63) is 29.3 Å². The Hall–Kier alpha value is -0.840. The smallest absolute Gasteiger partial charge is 0.173 e. The van der Waals surface area contributed by atoms with Gasteiger partial charge in [-0.1, -0.05) is 23.7 Å². The molecule has 0 bridgehead atoms. The first-order chi connectivity index (χ1) is 7.50. The molecule has 1 unspecified atom stereocenters. The van der Waals surface area contributed by atoms with E-state index in [-0.39, 0.29) is 0 Å². The van der Waals surface area contributed by atoms with Crippen molar-refractivity contribution in [2.45, 2.75) is 13.0 Å². The van der Waals surface area contributed by atoms with Gasteiger partial charge < -0.3 is 15.3 Å². The highest BCUT2D eigenvalue weighted by molar-refractivity contribution is 7.80. The topological polar surface area (TPSA) is 35.5 Å². The number of halogens is 1. The number of hydrogen-bond donors (Lipinski definition) is 2. The highest BCUT2D eigenvalue weighted by atomic mass is 35.5. The molecular formula is C11H15ClN2OS. The fraction of sp³-hybridized carbons (Fsp3) is 0.364. The second-order valence-corrected chi connectivity index (χ2v) is 4.43. The molecule has 5 heteroatoms. The molecule has 0 aliphatic rings. The monoisotopic (exact) mass is 258 g/mol. The summed E-state index contributed by atoms with van der Waals surface area (Å²) in [5.74, 6) is 0. The Morgan fingerprint density at radius 1 is 1.56 bits per heavy atom. The summed E-state index contributed by atoms with van der Waals surface area (Å²) in [4.78, 5) is 1.77. The zero-order chi connectivity index (χ0) is 12.1. The summed E-state index contributed by atoms with van der Waals surface area (Å²) < 4.78 is 0. The van der Waals surface area contributed by atoms with Gasteiger partial charge in [-0.15, -0.1) is 0 Å². The van der Waals surface area contributed by atoms with Crippen LogP contribution in [0.5, 0.6) is 0 Å². The molecule has 0 heterocycles. The van der Waals surface area contributed by atoms with Gasteiger partial charge in [0, 0.05) is 13.6 Å². The van der Waals surface area contributed by atoms with Crippen molar-refractivity contribution in [2.75, 3.05) is 18.9 Å². The van der Waals surface area contributed by atoms with Crippen molar-refractivity contribution in [3.8, 4) is 0 Å². The van der Waals surface area contributed by atoms with Gasteiger partial charge in [0.15, 0.2) is 5.11 Å². The maximum atomic E-state index is 9.24. The minimum atomic E-state index is -0.420. The SMILES string of the molecule is CC(O)CN(C)C(=S)Nc1ccccc1Cl. The van der Waals surface area contributed by atoms with E-state index in [0.29, 0.717) is 16.7 Å². The molecule has 1 aromatic rings. The number of rotatable bonds is 3. The normalized spacial score (nSPS) is 12.0. The Kier molecular flexibility index (Phi) is 4.99. The third-order valence-corrected chi connectivity index (χ3v) is 2.74. The molecule has 0 saturated heterocycles. The number of aliphatic hydroxyl groups is 1. The van der Waals surface area contributed by atoms with E-state index in [1.165, 1.54) is 0 Å². The van der Waals surface area contributed by atoms with Crippen molar-refractivity contribution in [3.63, 3.8) is 0 Å².